The summed E-state index contributed by atoms with van der Waals surface area (Å²) in [5.74, 6) is -0.493. The fourth-order valence-electron chi connectivity index (χ4n) is 8.37. The summed E-state index contributed by atoms with van der Waals surface area (Å²) in [5, 5.41) is 9.13. The second-order valence-corrected chi connectivity index (χ2v) is 17.5. The van der Waals surface area contributed by atoms with Gasteiger partial charge in [-0.15, -0.1) is 0 Å². The Balaban J connectivity index is 0.000000502. The summed E-state index contributed by atoms with van der Waals surface area (Å²) in [6.45, 7) is 4.38. The van der Waals surface area contributed by atoms with Crippen molar-refractivity contribution in [2.24, 2.45) is 21.7 Å². The Morgan fingerprint density at radius 1 is 0.481 bits per heavy atom. The van der Waals surface area contributed by atoms with Gasteiger partial charge in [0.15, 0.2) is 0 Å². The Morgan fingerprint density at radius 3 is 1.02 bits per heavy atom. The molecule has 0 aromatic carbocycles. The molecule has 0 heterocycles. The maximum Gasteiger partial charge on any atom is 1.00 e. The summed E-state index contributed by atoms with van der Waals surface area (Å²) >= 11 is 0. The third-order valence-corrected chi connectivity index (χ3v) is 12.9. The number of aliphatic carboxylic acids is 1. The van der Waals surface area contributed by atoms with Gasteiger partial charge in [0.1, 0.15) is 0 Å². The molecule has 0 amide bonds. The minimum Gasteiger partial charge on any atom is -0.870 e. The van der Waals surface area contributed by atoms with Crippen LogP contribution in [-0.4, -0.2) is 56.6 Å². The fourth-order valence-corrected chi connectivity index (χ4v) is 8.37. The van der Waals surface area contributed by atoms with E-state index < -0.39 is 5.97 Å². The van der Waals surface area contributed by atoms with E-state index >= 15 is 0 Å². The Labute approximate surface area is 362 Å². The average molecular weight is 761 g/mol. The second kappa shape index (κ2) is 28.0. The Hall–Kier alpha value is 0.456. The van der Waals surface area contributed by atoms with Crippen molar-refractivity contribution in [3.05, 3.63) is 0 Å². The van der Waals surface area contributed by atoms with Crippen molar-refractivity contribution < 1.29 is 85.8 Å². The van der Waals surface area contributed by atoms with Crippen LogP contribution in [0.2, 0.25) is 0 Å². The van der Waals surface area contributed by atoms with Gasteiger partial charge < -0.3 is 24.8 Å². The number of carboxylic acids is 1. The summed E-state index contributed by atoms with van der Waals surface area (Å²) in [6, 6.07) is 0. The van der Waals surface area contributed by atoms with Crippen molar-refractivity contribution in [2.75, 3.05) is 34.0 Å². The van der Waals surface area contributed by atoms with Crippen molar-refractivity contribution in [1.29, 1.82) is 0 Å². The number of ether oxygens (including phenoxy) is 3. The molecule has 0 saturated heterocycles. The maximum atomic E-state index is 11.9. The monoisotopic (exact) mass is 761 g/mol. The SMILES string of the molecule is CCOC(=O)C1(CCCCCCCCCCCCC2(COC)CC2)CC1.COCC1(CCCCCCCCCCCCC2(C(=O)O)CC2)CC1.[K+].[OH-]. The predicted octanol–water partition coefficient (Wildman–Crippen LogP) is 9.22. The number of hydrogen-bond donors (Lipinski definition) is 1. The van der Waals surface area contributed by atoms with Gasteiger partial charge in [-0.2, -0.15) is 0 Å². The first-order chi connectivity index (χ1) is 24.3. The van der Waals surface area contributed by atoms with E-state index in [0.717, 1.165) is 58.2 Å². The van der Waals surface area contributed by atoms with Crippen molar-refractivity contribution in [1.82, 2.24) is 0 Å². The van der Waals surface area contributed by atoms with E-state index in [1.54, 1.807) is 0 Å². The van der Waals surface area contributed by atoms with E-state index in [-0.39, 0.29) is 73.7 Å². The van der Waals surface area contributed by atoms with E-state index in [1.165, 1.54) is 161 Å². The number of carboxylic acid groups (broad SMARTS) is 1. The molecule has 4 aliphatic carbocycles. The van der Waals surface area contributed by atoms with Gasteiger partial charge in [-0.3, -0.25) is 9.59 Å². The minimum absolute atomic E-state index is 0. The normalized spacial score (nSPS) is 18.9. The van der Waals surface area contributed by atoms with E-state index in [0.29, 0.717) is 17.4 Å². The first kappa shape index (κ1) is 50.5. The van der Waals surface area contributed by atoms with Crippen LogP contribution >= 0.6 is 0 Å². The van der Waals surface area contributed by atoms with Crippen molar-refractivity contribution in [2.45, 2.75) is 212 Å². The predicted molar refractivity (Wildman–Crippen MR) is 207 cm³/mol. The smallest absolute Gasteiger partial charge is 0.870 e. The van der Waals surface area contributed by atoms with Gasteiger partial charge in [-0.05, 0) is 94.8 Å². The third-order valence-electron chi connectivity index (χ3n) is 12.9. The summed E-state index contributed by atoms with van der Waals surface area (Å²) in [4.78, 5) is 23.0. The number of carbonyl (C=O) groups excluding carboxylic acids is 1. The molecule has 52 heavy (non-hydrogen) atoms. The molecule has 0 unspecified atom stereocenters. The zero-order valence-corrected chi connectivity index (χ0v) is 37.8. The fraction of sp³-hybridized carbons (Fsp3) is 0.955. The Morgan fingerprint density at radius 2 is 0.769 bits per heavy atom. The molecule has 0 bridgehead atoms. The molecule has 0 radical (unpaired) electrons. The number of rotatable bonds is 33. The van der Waals surface area contributed by atoms with Crippen LogP contribution in [0.5, 0.6) is 0 Å². The molecule has 4 fully saturated rings. The van der Waals surface area contributed by atoms with E-state index in [9.17, 15) is 9.59 Å². The molecule has 0 atom stereocenters. The second-order valence-electron chi connectivity index (χ2n) is 17.5. The van der Waals surface area contributed by atoms with Crippen LogP contribution in [0.4, 0.5) is 0 Å². The number of hydrogen-bond acceptors (Lipinski definition) is 6. The minimum atomic E-state index is -0.558. The van der Waals surface area contributed by atoms with Crippen LogP contribution in [0.3, 0.4) is 0 Å². The number of carbonyl (C=O) groups is 2. The molecule has 2 N–H and O–H groups in total. The Kier molecular flexibility index (Phi) is 27.1. The molecule has 4 rings (SSSR count). The van der Waals surface area contributed by atoms with Crippen LogP contribution in [0.1, 0.15) is 212 Å². The zero-order valence-electron chi connectivity index (χ0n) is 34.7. The molecule has 0 aliphatic heterocycles. The van der Waals surface area contributed by atoms with Crippen LogP contribution in [0.25, 0.3) is 0 Å². The molecule has 4 saturated carbocycles. The Bertz CT molecular complexity index is 924. The first-order valence-electron chi connectivity index (χ1n) is 21.7. The first-order valence-corrected chi connectivity index (χ1v) is 21.7. The number of esters is 1. The van der Waals surface area contributed by atoms with Crippen LogP contribution in [-0.2, 0) is 23.8 Å². The van der Waals surface area contributed by atoms with Gasteiger partial charge in [-0.1, -0.05) is 128 Å². The van der Waals surface area contributed by atoms with Crippen LogP contribution in [0.15, 0.2) is 0 Å². The molecule has 4 aliphatic rings. The molecule has 8 heteroatoms. The average Bonchev–Trinajstić information content (AvgIpc) is 3.91. The van der Waals surface area contributed by atoms with Crippen molar-refractivity contribution >= 4 is 11.9 Å². The summed E-state index contributed by atoms with van der Waals surface area (Å²) in [5.41, 5.74) is 0.788. The number of unbranched alkanes of at least 4 members (excludes halogenated alkanes) is 18. The maximum absolute atomic E-state index is 11.9. The van der Waals surface area contributed by atoms with Gasteiger partial charge in [0.25, 0.3) is 0 Å². The summed E-state index contributed by atoms with van der Waals surface area (Å²) in [7, 11) is 3.67. The summed E-state index contributed by atoms with van der Waals surface area (Å²) in [6.07, 6.45) is 41.0. The van der Waals surface area contributed by atoms with Crippen LogP contribution < -0.4 is 51.4 Å². The quantitative estimate of drug-likeness (QED) is 0.0403. The van der Waals surface area contributed by atoms with Gasteiger partial charge in [-0.25, -0.2) is 0 Å². The molecular formula is C44H81KO7. The van der Waals surface area contributed by atoms with Crippen LogP contribution in [0, 0.1) is 21.7 Å². The largest absolute Gasteiger partial charge is 1.00 e. The molecule has 7 nitrogen and oxygen atoms in total. The number of methoxy groups -OCH3 is 2. The van der Waals surface area contributed by atoms with E-state index in [1.807, 2.05) is 21.1 Å². The third kappa shape index (κ3) is 20.6. The topological polar surface area (TPSA) is 112 Å². The van der Waals surface area contributed by atoms with Gasteiger partial charge in [0.2, 0.25) is 0 Å². The standard InChI is InChI=1S/C23H42O3.C21H38O3.K.H2O/c1-3-26-21(24)23(18-19-23)15-13-11-9-7-5-4-6-8-10-12-14-22(16-17-22)20-25-2;1-24-18-20(14-15-20)12-10-8-6-4-2-3-5-7-9-11-13-21(16-17-21)19(22)23;;/h3-20H2,1-2H3;2-18H2,1H3,(H,22,23);;1H2/q;;+1;/p-1. The van der Waals surface area contributed by atoms with Gasteiger partial charge in [0.05, 0.1) is 30.7 Å². The van der Waals surface area contributed by atoms with Gasteiger partial charge in [0, 0.05) is 14.2 Å². The molecule has 0 aromatic heterocycles. The van der Waals surface area contributed by atoms with Crippen molar-refractivity contribution in [3.63, 3.8) is 0 Å². The van der Waals surface area contributed by atoms with Gasteiger partial charge >= 0.3 is 63.3 Å². The summed E-state index contributed by atoms with van der Waals surface area (Å²) < 4.78 is 15.9. The van der Waals surface area contributed by atoms with E-state index in [2.05, 4.69) is 0 Å². The van der Waals surface area contributed by atoms with Crippen molar-refractivity contribution in [3.8, 4) is 0 Å². The van der Waals surface area contributed by atoms with E-state index in [4.69, 9.17) is 19.3 Å². The molecule has 300 valence electrons. The molecule has 0 aromatic rings. The zero-order chi connectivity index (χ0) is 36.0. The molecule has 0 spiro atoms. The molecular weight excluding hydrogens is 680 g/mol.